The first-order valence-corrected chi connectivity index (χ1v) is 8.97. The molecule has 2 saturated heterocycles. The van der Waals surface area contributed by atoms with E-state index in [0.717, 1.165) is 45.3 Å². The number of rotatable bonds is 2. The van der Waals surface area contributed by atoms with Gasteiger partial charge in [0, 0.05) is 19.1 Å². The average molecular weight is 340 g/mol. The van der Waals surface area contributed by atoms with Gasteiger partial charge in [-0.05, 0) is 66.0 Å². The van der Waals surface area contributed by atoms with Crippen LogP contribution in [-0.2, 0) is 14.3 Å². The first kappa shape index (κ1) is 19.0. The molecule has 0 aromatic carbocycles. The molecular weight excluding hydrogens is 308 g/mol. The molecule has 2 atom stereocenters. The Balaban J connectivity index is 1.88. The fourth-order valence-electron chi connectivity index (χ4n) is 3.84. The first-order valence-electron chi connectivity index (χ1n) is 8.97. The monoisotopic (exact) mass is 340 g/mol. The fraction of sp³-hybridized carbons (Fsp3) is 0.889. The molecule has 2 rings (SSSR count). The molecule has 0 radical (unpaired) electrons. The number of methoxy groups -OCH3 is 1. The molecule has 0 saturated carbocycles. The van der Waals surface area contributed by atoms with E-state index in [1.807, 2.05) is 25.7 Å². The van der Waals surface area contributed by atoms with Gasteiger partial charge in [0.2, 0.25) is 0 Å². The van der Waals surface area contributed by atoms with Gasteiger partial charge < -0.3 is 19.3 Å². The average Bonchev–Trinajstić information content (AvgIpc) is 2.53. The van der Waals surface area contributed by atoms with Crippen LogP contribution in [0.2, 0.25) is 0 Å². The Morgan fingerprint density at radius 1 is 1.04 bits per heavy atom. The SMILES string of the molecule is COC(=O)C1CCN(C)C(C2CCN(C(=O)OC(C)(C)C)CC2)C1. The molecule has 6 heteroatoms. The number of hydrogen-bond acceptors (Lipinski definition) is 5. The van der Waals surface area contributed by atoms with E-state index in [9.17, 15) is 9.59 Å². The van der Waals surface area contributed by atoms with Gasteiger partial charge in [-0.3, -0.25) is 4.79 Å². The third-order valence-electron chi connectivity index (χ3n) is 5.19. The van der Waals surface area contributed by atoms with Gasteiger partial charge in [0.25, 0.3) is 0 Å². The minimum absolute atomic E-state index is 0.0140. The smallest absolute Gasteiger partial charge is 0.410 e. The minimum atomic E-state index is -0.453. The summed E-state index contributed by atoms with van der Waals surface area (Å²) in [5.74, 6) is 0.445. The molecule has 24 heavy (non-hydrogen) atoms. The zero-order valence-corrected chi connectivity index (χ0v) is 15.7. The number of esters is 1. The number of likely N-dealkylation sites (tertiary alicyclic amines) is 2. The van der Waals surface area contributed by atoms with E-state index >= 15 is 0 Å². The van der Waals surface area contributed by atoms with Crippen molar-refractivity contribution in [2.24, 2.45) is 11.8 Å². The van der Waals surface area contributed by atoms with Gasteiger partial charge in [0.1, 0.15) is 5.60 Å². The molecule has 138 valence electrons. The standard InChI is InChI=1S/C18H32N2O4/c1-18(2,3)24-17(22)20-10-7-13(8-11-20)15-12-14(16(21)23-5)6-9-19(15)4/h13-15H,6-12H2,1-5H3. The Kier molecular flexibility index (Phi) is 6.12. The highest BCUT2D eigenvalue weighted by Crippen LogP contribution is 2.33. The Hall–Kier alpha value is -1.30. The predicted molar refractivity (Wildman–Crippen MR) is 91.7 cm³/mol. The number of nitrogens with zero attached hydrogens (tertiary/aromatic N) is 2. The van der Waals surface area contributed by atoms with Crippen molar-refractivity contribution in [1.29, 1.82) is 0 Å². The molecule has 0 spiro atoms. The van der Waals surface area contributed by atoms with Crippen molar-refractivity contribution in [3.05, 3.63) is 0 Å². The molecule has 2 heterocycles. The molecule has 0 aliphatic carbocycles. The molecule has 6 nitrogen and oxygen atoms in total. The van der Waals surface area contributed by atoms with E-state index in [1.54, 1.807) is 0 Å². The third kappa shape index (κ3) is 4.85. The Bertz CT molecular complexity index is 452. The summed E-state index contributed by atoms with van der Waals surface area (Å²) >= 11 is 0. The molecule has 1 amide bonds. The van der Waals surface area contributed by atoms with Crippen molar-refractivity contribution in [3.63, 3.8) is 0 Å². The second kappa shape index (κ2) is 7.72. The Morgan fingerprint density at radius 3 is 2.21 bits per heavy atom. The highest BCUT2D eigenvalue weighted by atomic mass is 16.6. The van der Waals surface area contributed by atoms with Crippen LogP contribution >= 0.6 is 0 Å². The quantitative estimate of drug-likeness (QED) is 0.723. The van der Waals surface area contributed by atoms with Crippen LogP contribution in [0.5, 0.6) is 0 Å². The molecule has 0 aromatic rings. The lowest BCUT2D eigenvalue weighted by molar-refractivity contribution is -0.148. The second-order valence-corrected chi connectivity index (χ2v) is 8.10. The molecule has 2 fully saturated rings. The van der Waals surface area contributed by atoms with Crippen LogP contribution in [0.15, 0.2) is 0 Å². The van der Waals surface area contributed by atoms with Crippen molar-refractivity contribution in [2.75, 3.05) is 33.8 Å². The number of piperidine rings is 2. The van der Waals surface area contributed by atoms with Crippen LogP contribution in [0.1, 0.15) is 46.5 Å². The van der Waals surface area contributed by atoms with E-state index in [2.05, 4.69) is 11.9 Å². The molecular formula is C18H32N2O4. The number of hydrogen-bond donors (Lipinski definition) is 0. The summed E-state index contributed by atoms with van der Waals surface area (Å²) in [6.07, 6.45) is 3.44. The Labute approximate surface area is 145 Å². The predicted octanol–water partition coefficient (Wildman–Crippen LogP) is 2.52. The minimum Gasteiger partial charge on any atom is -0.469 e. The van der Waals surface area contributed by atoms with E-state index in [-0.39, 0.29) is 18.0 Å². The van der Waals surface area contributed by atoms with Gasteiger partial charge in [0.15, 0.2) is 0 Å². The third-order valence-corrected chi connectivity index (χ3v) is 5.19. The van der Waals surface area contributed by atoms with Crippen molar-refractivity contribution in [2.45, 2.75) is 58.1 Å². The van der Waals surface area contributed by atoms with Gasteiger partial charge in [-0.2, -0.15) is 0 Å². The summed E-state index contributed by atoms with van der Waals surface area (Å²) in [6.45, 7) is 8.06. The van der Waals surface area contributed by atoms with Crippen molar-refractivity contribution >= 4 is 12.1 Å². The van der Waals surface area contributed by atoms with E-state index < -0.39 is 5.60 Å². The van der Waals surface area contributed by atoms with Gasteiger partial charge in [-0.15, -0.1) is 0 Å². The summed E-state index contributed by atoms with van der Waals surface area (Å²) in [5, 5.41) is 0. The lowest BCUT2D eigenvalue weighted by Crippen LogP contribution is -2.50. The van der Waals surface area contributed by atoms with E-state index in [1.165, 1.54) is 7.11 Å². The summed E-state index contributed by atoms with van der Waals surface area (Å²) in [5.41, 5.74) is -0.453. The highest BCUT2D eigenvalue weighted by Gasteiger charge is 2.37. The molecule has 0 aromatic heterocycles. The molecule has 2 aliphatic rings. The number of carbonyl (C=O) groups excluding carboxylic acids is 2. The topological polar surface area (TPSA) is 59.1 Å². The summed E-state index contributed by atoms with van der Waals surface area (Å²) in [7, 11) is 3.60. The number of ether oxygens (including phenoxy) is 2. The fourth-order valence-corrected chi connectivity index (χ4v) is 3.84. The van der Waals surface area contributed by atoms with Gasteiger partial charge >= 0.3 is 12.1 Å². The number of amides is 1. The van der Waals surface area contributed by atoms with Crippen molar-refractivity contribution in [1.82, 2.24) is 9.80 Å². The van der Waals surface area contributed by atoms with E-state index in [4.69, 9.17) is 9.47 Å². The van der Waals surface area contributed by atoms with Crippen molar-refractivity contribution in [3.8, 4) is 0 Å². The summed E-state index contributed by atoms with van der Waals surface area (Å²) < 4.78 is 10.4. The highest BCUT2D eigenvalue weighted by molar-refractivity contribution is 5.72. The molecule has 0 bridgehead atoms. The maximum atomic E-state index is 12.2. The van der Waals surface area contributed by atoms with Gasteiger partial charge in [-0.1, -0.05) is 0 Å². The maximum Gasteiger partial charge on any atom is 0.410 e. The largest absolute Gasteiger partial charge is 0.469 e. The van der Waals surface area contributed by atoms with Gasteiger partial charge in [0.05, 0.1) is 13.0 Å². The van der Waals surface area contributed by atoms with Crippen LogP contribution in [0.3, 0.4) is 0 Å². The first-order chi connectivity index (χ1) is 11.2. The lowest BCUT2D eigenvalue weighted by atomic mass is 9.80. The van der Waals surface area contributed by atoms with Crippen LogP contribution in [0.4, 0.5) is 4.79 Å². The lowest BCUT2D eigenvalue weighted by Gasteiger charge is -2.43. The van der Waals surface area contributed by atoms with Crippen molar-refractivity contribution < 1.29 is 19.1 Å². The normalized spacial score (nSPS) is 27.0. The van der Waals surface area contributed by atoms with E-state index in [0.29, 0.717) is 12.0 Å². The molecule has 2 unspecified atom stereocenters. The second-order valence-electron chi connectivity index (χ2n) is 8.10. The van der Waals surface area contributed by atoms with Crippen LogP contribution in [0, 0.1) is 11.8 Å². The Morgan fingerprint density at radius 2 is 1.67 bits per heavy atom. The van der Waals surface area contributed by atoms with Crippen LogP contribution < -0.4 is 0 Å². The zero-order chi connectivity index (χ0) is 17.9. The number of carbonyl (C=O) groups is 2. The zero-order valence-electron chi connectivity index (χ0n) is 15.7. The summed E-state index contributed by atoms with van der Waals surface area (Å²) in [4.78, 5) is 28.2. The van der Waals surface area contributed by atoms with Crippen LogP contribution in [-0.4, -0.2) is 67.3 Å². The molecule has 2 aliphatic heterocycles. The maximum absolute atomic E-state index is 12.2. The van der Waals surface area contributed by atoms with Crippen LogP contribution in [0.25, 0.3) is 0 Å². The molecule has 0 N–H and O–H groups in total. The summed E-state index contributed by atoms with van der Waals surface area (Å²) in [6, 6.07) is 0.392. The van der Waals surface area contributed by atoms with Gasteiger partial charge in [-0.25, -0.2) is 4.79 Å².